The van der Waals surface area contributed by atoms with Crippen molar-refractivity contribution in [2.45, 2.75) is 51.6 Å². The summed E-state index contributed by atoms with van der Waals surface area (Å²) in [6, 6.07) is 4.14. The lowest BCUT2D eigenvalue weighted by Crippen LogP contribution is -2.49. The Morgan fingerprint density at radius 1 is 1.29 bits per heavy atom. The molecule has 0 aliphatic carbocycles. The van der Waals surface area contributed by atoms with Crippen LogP contribution in [-0.2, 0) is 11.3 Å². The highest BCUT2D eigenvalue weighted by Crippen LogP contribution is 2.35. The molecule has 4 rings (SSSR count). The van der Waals surface area contributed by atoms with Crippen LogP contribution in [0.3, 0.4) is 0 Å². The number of piperidine rings is 2. The molecule has 0 unspecified atom stereocenters. The van der Waals surface area contributed by atoms with Crippen molar-refractivity contribution in [3.8, 4) is 11.4 Å². The zero-order valence-electron chi connectivity index (χ0n) is 16.2. The van der Waals surface area contributed by atoms with E-state index >= 15 is 0 Å². The smallest absolute Gasteiger partial charge is 0.290 e. The van der Waals surface area contributed by atoms with Crippen LogP contribution in [0, 0.1) is 18.7 Å². The highest BCUT2D eigenvalue weighted by molar-refractivity contribution is 6.33. The summed E-state index contributed by atoms with van der Waals surface area (Å²) in [4.78, 5) is 15.5. The third-order valence-electron chi connectivity index (χ3n) is 5.88. The molecule has 2 aliphatic heterocycles. The summed E-state index contributed by atoms with van der Waals surface area (Å²) < 4.78 is 16.8. The number of hydrogen-bond acceptors (Lipinski definition) is 3. The van der Waals surface area contributed by atoms with Gasteiger partial charge in [0, 0.05) is 25.0 Å². The minimum absolute atomic E-state index is 0.250. The monoisotopic (exact) mass is 407 g/mol. The molecule has 2 aliphatic rings. The van der Waals surface area contributed by atoms with Gasteiger partial charge in [0.25, 0.3) is 6.47 Å². The van der Waals surface area contributed by atoms with Crippen LogP contribution in [-0.4, -0.2) is 45.2 Å². The number of rotatable bonds is 3. The van der Waals surface area contributed by atoms with Crippen LogP contribution in [0.2, 0.25) is 5.02 Å². The SMILES string of the molecule is Cc1ccc(Cl)c(-c2nccn2C[C@@H]2CCCN3CCCC[C@H]23)c1F.O=CO. The van der Waals surface area contributed by atoms with Gasteiger partial charge in [0.2, 0.25) is 0 Å². The van der Waals surface area contributed by atoms with Gasteiger partial charge in [-0.2, -0.15) is 0 Å². The summed E-state index contributed by atoms with van der Waals surface area (Å²) in [7, 11) is 0. The maximum Gasteiger partial charge on any atom is 0.290 e. The number of nitrogens with zero attached hydrogens (tertiary/aromatic N) is 3. The number of imidazole rings is 1. The van der Waals surface area contributed by atoms with Crippen molar-refractivity contribution in [2.24, 2.45) is 5.92 Å². The number of carbonyl (C=O) groups is 1. The normalized spacial score (nSPS) is 22.1. The molecule has 3 heterocycles. The number of fused-ring (bicyclic) bond motifs is 1. The fraction of sp³-hybridized carbons (Fsp3) is 0.524. The maximum atomic E-state index is 14.7. The number of hydrogen-bond donors (Lipinski definition) is 1. The van der Waals surface area contributed by atoms with E-state index in [1.54, 1.807) is 25.3 Å². The zero-order valence-corrected chi connectivity index (χ0v) is 16.9. The van der Waals surface area contributed by atoms with Crippen LogP contribution < -0.4 is 0 Å². The molecule has 2 saturated heterocycles. The lowest BCUT2D eigenvalue weighted by atomic mass is 9.83. The van der Waals surface area contributed by atoms with E-state index in [-0.39, 0.29) is 12.3 Å². The van der Waals surface area contributed by atoms with Gasteiger partial charge in [-0.3, -0.25) is 4.79 Å². The van der Waals surface area contributed by atoms with Crippen molar-refractivity contribution < 1.29 is 14.3 Å². The molecule has 2 aromatic rings. The summed E-state index contributed by atoms with van der Waals surface area (Å²) >= 11 is 6.32. The first-order chi connectivity index (χ1) is 13.6. The number of benzene rings is 1. The summed E-state index contributed by atoms with van der Waals surface area (Å²) in [6.45, 7) is 4.87. The second kappa shape index (κ2) is 9.52. The van der Waals surface area contributed by atoms with E-state index in [9.17, 15) is 4.39 Å². The summed E-state index contributed by atoms with van der Waals surface area (Å²) in [5, 5.41) is 7.32. The third-order valence-corrected chi connectivity index (χ3v) is 6.20. The fourth-order valence-electron chi connectivity index (χ4n) is 4.59. The van der Waals surface area contributed by atoms with Crippen molar-refractivity contribution in [2.75, 3.05) is 13.1 Å². The fourth-order valence-corrected chi connectivity index (χ4v) is 4.82. The predicted molar refractivity (Wildman–Crippen MR) is 108 cm³/mol. The van der Waals surface area contributed by atoms with Gasteiger partial charge in [0.1, 0.15) is 11.6 Å². The minimum Gasteiger partial charge on any atom is -0.483 e. The lowest BCUT2D eigenvalue weighted by Gasteiger charge is -2.44. The largest absolute Gasteiger partial charge is 0.483 e. The molecule has 1 aromatic heterocycles. The van der Waals surface area contributed by atoms with Crippen LogP contribution in [0.4, 0.5) is 4.39 Å². The summed E-state index contributed by atoms with van der Waals surface area (Å²) in [5.41, 5.74) is 1.04. The van der Waals surface area contributed by atoms with E-state index in [1.807, 2.05) is 6.20 Å². The van der Waals surface area contributed by atoms with Gasteiger partial charge in [-0.05, 0) is 63.2 Å². The first-order valence-corrected chi connectivity index (χ1v) is 10.2. The molecular formula is C21H27ClFN3O2. The zero-order chi connectivity index (χ0) is 20.1. The second-order valence-electron chi connectivity index (χ2n) is 7.56. The van der Waals surface area contributed by atoms with Gasteiger partial charge in [0.15, 0.2) is 0 Å². The molecule has 2 atom stereocenters. The lowest BCUT2D eigenvalue weighted by molar-refractivity contribution is -0.122. The number of aryl methyl sites for hydroxylation is 1. The first kappa shape index (κ1) is 20.8. The van der Waals surface area contributed by atoms with E-state index in [0.29, 0.717) is 33.9 Å². The van der Waals surface area contributed by atoms with E-state index in [2.05, 4.69) is 14.5 Å². The molecule has 152 valence electrons. The standard InChI is InChI=1S/C20H25ClFN3.CH2O2/c1-14-7-8-16(21)18(19(14)22)20-23-9-12-25(20)13-15-5-4-11-24-10-3-2-6-17(15)24;2-1-3/h7-9,12,15,17H,2-6,10-11,13H2,1H3;1H,(H,2,3)/t15-,17+;/m0./s1. The summed E-state index contributed by atoms with van der Waals surface area (Å²) in [5.74, 6) is 0.996. The van der Waals surface area contributed by atoms with Crippen molar-refractivity contribution in [1.82, 2.24) is 14.5 Å². The highest BCUT2D eigenvalue weighted by Gasteiger charge is 2.33. The molecule has 1 aromatic carbocycles. The highest BCUT2D eigenvalue weighted by atomic mass is 35.5. The molecule has 1 N–H and O–H groups in total. The molecule has 0 bridgehead atoms. The first-order valence-electron chi connectivity index (χ1n) is 9.84. The van der Waals surface area contributed by atoms with E-state index < -0.39 is 0 Å². The van der Waals surface area contributed by atoms with Crippen LogP contribution in [0.15, 0.2) is 24.5 Å². The molecule has 0 radical (unpaired) electrons. The van der Waals surface area contributed by atoms with Gasteiger partial charge in [-0.25, -0.2) is 9.37 Å². The molecule has 5 nitrogen and oxygen atoms in total. The Hall–Kier alpha value is -1.92. The molecule has 28 heavy (non-hydrogen) atoms. The Labute approximate surface area is 170 Å². The quantitative estimate of drug-likeness (QED) is 0.754. The van der Waals surface area contributed by atoms with Gasteiger partial charge in [-0.15, -0.1) is 0 Å². The van der Waals surface area contributed by atoms with Gasteiger partial charge >= 0.3 is 0 Å². The maximum absolute atomic E-state index is 14.7. The Morgan fingerprint density at radius 2 is 2.04 bits per heavy atom. The Bertz CT molecular complexity index is 809. The van der Waals surface area contributed by atoms with Gasteiger partial charge in [-0.1, -0.05) is 24.1 Å². The Kier molecular flexibility index (Phi) is 7.08. The Morgan fingerprint density at radius 3 is 2.82 bits per heavy atom. The van der Waals surface area contributed by atoms with Crippen molar-refractivity contribution in [3.05, 3.63) is 40.9 Å². The number of carboxylic acid groups (broad SMARTS) is 1. The van der Waals surface area contributed by atoms with Crippen LogP contribution in [0.25, 0.3) is 11.4 Å². The van der Waals surface area contributed by atoms with Gasteiger partial charge in [0.05, 0.1) is 10.6 Å². The van der Waals surface area contributed by atoms with E-state index in [1.165, 1.54) is 45.2 Å². The average molecular weight is 408 g/mol. The molecular weight excluding hydrogens is 381 g/mol. The topological polar surface area (TPSA) is 58.4 Å². The van der Waals surface area contributed by atoms with Crippen molar-refractivity contribution >= 4 is 18.1 Å². The van der Waals surface area contributed by atoms with Crippen molar-refractivity contribution in [3.63, 3.8) is 0 Å². The van der Waals surface area contributed by atoms with E-state index in [0.717, 1.165) is 6.54 Å². The minimum atomic E-state index is -0.261. The van der Waals surface area contributed by atoms with Crippen LogP contribution >= 0.6 is 11.6 Å². The second-order valence-corrected chi connectivity index (χ2v) is 7.97. The molecule has 0 spiro atoms. The molecule has 0 saturated carbocycles. The van der Waals surface area contributed by atoms with Crippen molar-refractivity contribution in [1.29, 1.82) is 0 Å². The Balaban J connectivity index is 0.000000706. The molecule has 0 amide bonds. The number of halogens is 2. The molecule has 2 fully saturated rings. The molecule has 7 heteroatoms. The van der Waals surface area contributed by atoms with Crippen LogP contribution in [0.1, 0.15) is 37.7 Å². The number of aromatic nitrogens is 2. The van der Waals surface area contributed by atoms with Gasteiger partial charge < -0.3 is 14.6 Å². The average Bonchev–Trinajstić information content (AvgIpc) is 3.14. The predicted octanol–water partition coefficient (Wildman–Crippen LogP) is 4.62. The summed E-state index contributed by atoms with van der Waals surface area (Å²) in [6.07, 6.45) is 10.2. The van der Waals surface area contributed by atoms with Crippen LogP contribution in [0.5, 0.6) is 0 Å². The van der Waals surface area contributed by atoms with E-state index in [4.69, 9.17) is 21.5 Å². The third kappa shape index (κ3) is 4.39.